The normalized spacial score (nSPS) is 16.8. The van der Waals surface area contributed by atoms with Crippen molar-refractivity contribution >= 4 is 34.9 Å². The summed E-state index contributed by atoms with van der Waals surface area (Å²) in [6.45, 7) is 1.09. The number of aromatic nitrogens is 1. The first-order chi connectivity index (χ1) is 19.9. The zero-order valence-electron chi connectivity index (χ0n) is 22.8. The second kappa shape index (κ2) is 12.9. The van der Waals surface area contributed by atoms with E-state index >= 15 is 0 Å². The number of amides is 2. The number of alkyl halides is 3. The average molecular weight is 611 g/mol. The molecule has 3 aromatic rings. The van der Waals surface area contributed by atoms with Gasteiger partial charge in [-0.1, -0.05) is 11.6 Å². The molecule has 2 aliphatic rings. The Labute approximate surface area is 244 Å². The fourth-order valence-electron chi connectivity index (χ4n) is 4.92. The van der Waals surface area contributed by atoms with Crippen LogP contribution in [0.25, 0.3) is 0 Å². The molecule has 0 aliphatic carbocycles. The van der Waals surface area contributed by atoms with E-state index in [1.807, 2.05) is 4.90 Å². The Kier molecular flexibility index (Phi) is 9.55. The van der Waals surface area contributed by atoms with Gasteiger partial charge in [0.25, 0.3) is 5.91 Å². The first-order valence-corrected chi connectivity index (χ1v) is 13.4. The molecule has 2 fully saturated rings. The maximum absolute atomic E-state index is 14.5. The van der Waals surface area contributed by atoms with Crippen molar-refractivity contribution in [1.29, 1.82) is 0 Å². The third kappa shape index (κ3) is 6.92. The van der Waals surface area contributed by atoms with Gasteiger partial charge in [-0.3, -0.25) is 14.5 Å². The number of carbonyl (C=O) groups is 2. The maximum Gasteiger partial charge on any atom is 0.433 e. The van der Waals surface area contributed by atoms with Gasteiger partial charge in [0.15, 0.2) is 5.82 Å². The molecule has 0 radical (unpaired) electrons. The van der Waals surface area contributed by atoms with E-state index in [0.29, 0.717) is 29.4 Å². The highest BCUT2D eigenvalue weighted by Crippen LogP contribution is 2.40. The van der Waals surface area contributed by atoms with Crippen LogP contribution in [0, 0.1) is 11.6 Å². The fraction of sp³-hybridized carbons (Fsp3) is 0.345. The molecule has 2 amide bonds. The van der Waals surface area contributed by atoms with E-state index < -0.39 is 35.3 Å². The van der Waals surface area contributed by atoms with E-state index in [2.05, 4.69) is 10.3 Å². The predicted molar refractivity (Wildman–Crippen MR) is 148 cm³/mol. The van der Waals surface area contributed by atoms with Crippen LogP contribution in [0.2, 0.25) is 5.02 Å². The highest BCUT2D eigenvalue weighted by atomic mass is 35.5. The lowest BCUT2D eigenvalue weighted by Gasteiger charge is -2.26. The Bertz CT molecular complexity index is 1420. The molecule has 0 spiro atoms. The minimum absolute atomic E-state index is 0.00389. The topological polar surface area (TPSA) is 74.8 Å². The summed E-state index contributed by atoms with van der Waals surface area (Å²) in [5, 5.41) is 3.16. The van der Waals surface area contributed by atoms with Crippen LogP contribution in [0.1, 0.15) is 46.8 Å². The molecular formula is C29H28ClF5N4O3. The number of hydrogen-bond donors (Lipinski definition) is 1. The molecule has 13 heteroatoms. The van der Waals surface area contributed by atoms with Crippen LogP contribution in [0.3, 0.4) is 0 Å². The Morgan fingerprint density at radius 2 is 1.67 bits per heavy atom. The number of pyridine rings is 1. The predicted octanol–water partition coefficient (Wildman–Crippen LogP) is 6.21. The van der Waals surface area contributed by atoms with Gasteiger partial charge in [-0.15, -0.1) is 0 Å². The smallest absolute Gasteiger partial charge is 0.433 e. The SMILES string of the molecule is CNC(=O)c1ccc(Cl)cc1.COc1cc(F)c(C2CC(=O)N(c3nc(C(F)(F)F)ccc3N3CCCC3)C2)c(F)c1. The third-order valence-corrected chi connectivity index (χ3v) is 7.25. The number of hydrogen-bond acceptors (Lipinski definition) is 5. The molecule has 3 heterocycles. The summed E-state index contributed by atoms with van der Waals surface area (Å²) in [7, 11) is 2.87. The van der Waals surface area contributed by atoms with Gasteiger partial charge in [0.1, 0.15) is 23.1 Å². The summed E-state index contributed by atoms with van der Waals surface area (Å²) >= 11 is 5.63. The van der Waals surface area contributed by atoms with Crippen molar-refractivity contribution in [1.82, 2.24) is 10.3 Å². The van der Waals surface area contributed by atoms with E-state index in [1.54, 1.807) is 31.3 Å². The molecule has 1 N–H and O–H groups in total. The Hall–Kier alpha value is -3.93. The van der Waals surface area contributed by atoms with Gasteiger partial charge in [-0.2, -0.15) is 13.2 Å². The molecule has 0 bridgehead atoms. The molecule has 1 aromatic heterocycles. The molecule has 2 aromatic carbocycles. The number of rotatable bonds is 5. The molecule has 42 heavy (non-hydrogen) atoms. The van der Waals surface area contributed by atoms with Gasteiger partial charge < -0.3 is 15.0 Å². The summed E-state index contributed by atoms with van der Waals surface area (Å²) in [6.07, 6.45) is -3.18. The first-order valence-electron chi connectivity index (χ1n) is 13.1. The van der Waals surface area contributed by atoms with Crippen LogP contribution in [0.15, 0.2) is 48.5 Å². The first kappa shape index (κ1) is 31.0. The number of ether oxygens (including phenoxy) is 1. The molecule has 1 unspecified atom stereocenters. The Morgan fingerprint density at radius 3 is 2.21 bits per heavy atom. The van der Waals surface area contributed by atoms with E-state index in [-0.39, 0.29) is 36.0 Å². The standard InChI is InChI=1S/C21H20F5N3O2.C8H8ClNO/c1-31-13-9-14(22)19(15(23)10-13)12-8-18(30)29(11-12)20-16(28-6-2-3-7-28)4-5-17(27-20)21(24,25)26;1-10-8(11)6-2-4-7(9)5-3-6/h4-5,9-10,12H,2-3,6-8,11H2,1H3;2-5H,1H3,(H,10,11). The number of benzene rings is 2. The summed E-state index contributed by atoms with van der Waals surface area (Å²) in [6, 6.07) is 11.0. The molecule has 224 valence electrons. The maximum atomic E-state index is 14.5. The highest BCUT2D eigenvalue weighted by molar-refractivity contribution is 6.30. The van der Waals surface area contributed by atoms with Crippen molar-refractivity contribution in [3.05, 3.63) is 82.0 Å². The van der Waals surface area contributed by atoms with Gasteiger partial charge in [0.2, 0.25) is 5.91 Å². The zero-order valence-corrected chi connectivity index (χ0v) is 23.5. The van der Waals surface area contributed by atoms with Crippen molar-refractivity contribution < 1.29 is 36.3 Å². The van der Waals surface area contributed by atoms with Gasteiger partial charge in [0, 0.05) is 67.3 Å². The van der Waals surface area contributed by atoms with Crippen LogP contribution in [0.5, 0.6) is 5.75 Å². The number of anilines is 2. The van der Waals surface area contributed by atoms with Crippen LogP contribution >= 0.6 is 11.6 Å². The summed E-state index contributed by atoms with van der Waals surface area (Å²) in [4.78, 5) is 30.5. The van der Waals surface area contributed by atoms with Crippen molar-refractivity contribution in [3.63, 3.8) is 0 Å². The Morgan fingerprint density at radius 1 is 1.05 bits per heavy atom. The fourth-order valence-corrected chi connectivity index (χ4v) is 5.05. The monoisotopic (exact) mass is 610 g/mol. The van der Waals surface area contributed by atoms with Gasteiger partial charge in [-0.25, -0.2) is 13.8 Å². The van der Waals surface area contributed by atoms with Crippen LogP contribution < -0.4 is 19.9 Å². The molecule has 1 atom stereocenters. The summed E-state index contributed by atoms with van der Waals surface area (Å²) < 4.78 is 73.8. The number of halogens is 6. The van der Waals surface area contributed by atoms with E-state index in [9.17, 15) is 31.5 Å². The second-order valence-electron chi connectivity index (χ2n) is 9.73. The van der Waals surface area contributed by atoms with Crippen molar-refractivity contribution in [2.75, 3.05) is 43.6 Å². The Balaban J connectivity index is 0.000000310. The van der Waals surface area contributed by atoms with Gasteiger partial charge in [-0.05, 0) is 49.2 Å². The van der Waals surface area contributed by atoms with E-state index in [1.165, 1.54) is 13.2 Å². The number of nitrogens with one attached hydrogen (secondary N) is 1. The van der Waals surface area contributed by atoms with Crippen LogP contribution in [0.4, 0.5) is 33.5 Å². The second-order valence-corrected chi connectivity index (χ2v) is 10.2. The molecular weight excluding hydrogens is 583 g/mol. The number of methoxy groups -OCH3 is 1. The van der Waals surface area contributed by atoms with Gasteiger partial charge >= 0.3 is 6.18 Å². The molecule has 7 nitrogen and oxygen atoms in total. The molecule has 5 rings (SSSR count). The zero-order chi connectivity index (χ0) is 30.6. The minimum Gasteiger partial charge on any atom is -0.497 e. The van der Waals surface area contributed by atoms with Gasteiger partial charge in [0.05, 0.1) is 12.8 Å². The van der Waals surface area contributed by atoms with Crippen molar-refractivity contribution in [2.45, 2.75) is 31.4 Å². The lowest BCUT2D eigenvalue weighted by molar-refractivity contribution is -0.141. The van der Waals surface area contributed by atoms with Crippen LogP contribution in [-0.4, -0.2) is 50.6 Å². The molecule has 0 saturated carbocycles. The van der Waals surface area contributed by atoms with Crippen molar-refractivity contribution in [2.24, 2.45) is 0 Å². The molecule has 2 aliphatic heterocycles. The van der Waals surface area contributed by atoms with Crippen molar-refractivity contribution in [3.8, 4) is 5.75 Å². The average Bonchev–Trinajstić information content (AvgIpc) is 3.62. The lowest BCUT2D eigenvalue weighted by Crippen LogP contribution is -2.30. The number of carbonyl (C=O) groups excluding carboxylic acids is 2. The number of nitrogens with zero attached hydrogens (tertiary/aromatic N) is 3. The largest absolute Gasteiger partial charge is 0.497 e. The minimum atomic E-state index is -4.69. The van der Waals surface area contributed by atoms with E-state index in [0.717, 1.165) is 35.9 Å². The summed E-state index contributed by atoms with van der Waals surface area (Å²) in [5.74, 6) is -3.36. The molecule has 2 saturated heterocycles. The van der Waals surface area contributed by atoms with E-state index in [4.69, 9.17) is 16.3 Å². The summed E-state index contributed by atoms with van der Waals surface area (Å²) in [5.41, 5.74) is -0.373. The highest BCUT2D eigenvalue weighted by Gasteiger charge is 2.40. The lowest BCUT2D eigenvalue weighted by atomic mass is 9.97. The third-order valence-electron chi connectivity index (χ3n) is 7.00. The quantitative estimate of drug-likeness (QED) is 0.348. The van der Waals surface area contributed by atoms with Crippen LogP contribution in [-0.2, 0) is 11.0 Å².